The SMILES string of the molecule is CC(=O)c1sc(N2C(=O)c3oc4ccc(C)cc4c(=O)c3C2c2cccc(Oc3ccccc3)c2)nc1C. The zero-order valence-electron chi connectivity index (χ0n) is 20.8. The highest BCUT2D eigenvalue weighted by molar-refractivity contribution is 7.17. The fraction of sp³-hybridized carbons (Fsp3) is 0.133. The van der Waals surface area contributed by atoms with Gasteiger partial charge in [-0.15, -0.1) is 0 Å². The number of thiazole rings is 1. The molecule has 8 heteroatoms. The van der Waals surface area contributed by atoms with Crippen LogP contribution in [-0.4, -0.2) is 16.7 Å². The van der Waals surface area contributed by atoms with Gasteiger partial charge in [-0.25, -0.2) is 4.98 Å². The predicted molar refractivity (Wildman–Crippen MR) is 146 cm³/mol. The molecule has 38 heavy (non-hydrogen) atoms. The molecule has 1 unspecified atom stereocenters. The zero-order chi connectivity index (χ0) is 26.6. The molecule has 0 aliphatic carbocycles. The molecule has 1 amide bonds. The number of aromatic nitrogens is 1. The normalized spacial score (nSPS) is 14.7. The lowest BCUT2D eigenvalue weighted by Crippen LogP contribution is -2.29. The summed E-state index contributed by atoms with van der Waals surface area (Å²) in [6.07, 6.45) is 0. The van der Waals surface area contributed by atoms with E-state index in [1.807, 2.05) is 61.5 Å². The maximum Gasteiger partial charge on any atom is 0.297 e. The molecule has 1 aliphatic heterocycles. The van der Waals surface area contributed by atoms with E-state index in [4.69, 9.17) is 9.15 Å². The summed E-state index contributed by atoms with van der Waals surface area (Å²) in [5.41, 5.74) is 2.39. The van der Waals surface area contributed by atoms with Gasteiger partial charge in [0.25, 0.3) is 5.91 Å². The molecule has 0 saturated carbocycles. The Morgan fingerprint density at radius 2 is 1.74 bits per heavy atom. The standard InChI is InChI=1S/C30H22N2O5S/c1-16-12-13-23-22(14-16)26(34)24-25(19-8-7-11-21(15-19)36-20-9-5-4-6-10-20)32(29(35)27(24)37-23)30-31-17(2)28(38-30)18(3)33/h4-15,25H,1-3H3. The summed E-state index contributed by atoms with van der Waals surface area (Å²) in [7, 11) is 0. The van der Waals surface area contributed by atoms with Crippen molar-refractivity contribution in [1.82, 2.24) is 4.98 Å². The second-order valence-electron chi connectivity index (χ2n) is 9.21. The molecule has 2 aromatic heterocycles. The Balaban J connectivity index is 1.56. The first-order chi connectivity index (χ1) is 18.3. The van der Waals surface area contributed by atoms with Gasteiger partial charge in [0.05, 0.1) is 27.6 Å². The molecule has 6 rings (SSSR count). The molecule has 188 valence electrons. The Labute approximate surface area is 221 Å². The third-order valence-corrected chi connectivity index (χ3v) is 7.75. The van der Waals surface area contributed by atoms with Crippen molar-refractivity contribution in [2.24, 2.45) is 0 Å². The van der Waals surface area contributed by atoms with Gasteiger partial charge in [-0.2, -0.15) is 0 Å². The Bertz CT molecular complexity index is 1810. The van der Waals surface area contributed by atoms with Crippen LogP contribution in [0.1, 0.15) is 55.6 Å². The molecule has 0 N–H and O–H groups in total. The Kier molecular flexibility index (Phi) is 5.69. The highest BCUT2D eigenvalue weighted by Gasteiger charge is 2.45. The minimum Gasteiger partial charge on any atom is -0.457 e. The number of hydrogen-bond acceptors (Lipinski definition) is 7. The number of aryl methyl sites for hydroxylation is 2. The van der Waals surface area contributed by atoms with Crippen molar-refractivity contribution in [2.75, 3.05) is 4.90 Å². The molecule has 0 spiro atoms. The van der Waals surface area contributed by atoms with E-state index in [9.17, 15) is 14.4 Å². The van der Waals surface area contributed by atoms with Gasteiger partial charge >= 0.3 is 0 Å². The number of carbonyl (C=O) groups is 2. The van der Waals surface area contributed by atoms with Crippen LogP contribution in [-0.2, 0) is 0 Å². The van der Waals surface area contributed by atoms with Crippen LogP contribution >= 0.6 is 11.3 Å². The van der Waals surface area contributed by atoms with Crippen LogP contribution in [0, 0.1) is 13.8 Å². The van der Waals surface area contributed by atoms with E-state index in [0.717, 1.165) is 16.9 Å². The van der Waals surface area contributed by atoms with E-state index in [1.54, 1.807) is 25.1 Å². The Morgan fingerprint density at radius 1 is 0.974 bits per heavy atom. The highest BCUT2D eigenvalue weighted by Crippen LogP contribution is 2.44. The van der Waals surface area contributed by atoms with Crippen molar-refractivity contribution >= 4 is 39.1 Å². The van der Waals surface area contributed by atoms with Gasteiger partial charge in [0.15, 0.2) is 16.3 Å². The first-order valence-electron chi connectivity index (χ1n) is 12.0. The first-order valence-corrected chi connectivity index (χ1v) is 12.9. The molecule has 0 fully saturated rings. The number of benzene rings is 3. The molecular formula is C30H22N2O5S. The fourth-order valence-corrected chi connectivity index (χ4v) is 5.77. The maximum atomic E-state index is 13.9. The molecule has 5 aromatic rings. The van der Waals surface area contributed by atoms with Crippen LogP contribution in [0.15, 0.2) is 82.0 Å². The van der Waals surface area contributed by atoms with Crippen LogP contribution in [0.4, 0.5) is 5.13 Å². The lowest BCUT2D eigenvalue weighted by molar-refractivity contribution is 0.0969. The molecule has 7 nitrogen and oxygen atoms in total. The minimum absolute atomic E-state index is 0.0250. The predicted octanol–water partition coefficient (Wildman–Crippen LogP) is 6.61. The largest absolute Gasteiger partial charge is 0.457 e. The Morgan fingerprint density at radius 3 is 2.47 bits per heavy atom. The number of rotatable bonds is 5. The van der Waals surface area contributed by atoms with Crippen LogP contribution in [0.25, 0.3) is 11.0 Å². The van der Waals surface area contributed by atoms with Gasteiger partial charge < -0.3 is 9.15 Å². The molecule has 3 heterocycles. The van der Waals surface area contributed by atoms with Crippen molar-refractivity contribution in [2.45, 2.75) is 26.8 Å². The number of nitrogens with zero attached hydrogens (tertiary/aromatic N) is 2. The average molecular weight is 523 g/mol. The van der Waals surface area contributed by atoms with Crippen LogP contribution < -0.4 is 15.1 Å². The quantitative estimate of drug-likeness (QED) is 0.241. The fourth-order valence-electron chi connectivity index (χ4n) is 4.78. The second kappa shape index (κ2) is 9.08. The number of amides is 1. The van der Waals surface area contributed by atoms with Gasteiger partial charge in [0, 0.05) is 6.92 Å². The number of carbonyl (C=O) groups excluding carboxylic acids is 2. The number of ether oxygens (including phenoxy) is 1. The second-order valence-corrected chi connectivity index (χ2v) is 10.2. The maximum absolute atomic E-state index is 13.9. The topological polar surface area (TPSA) is 89.7 Å². The van der Waals surface area contributed by atoms with E-state index in [2.05, 4.69) is 4.98 Å². The summed E-state index contributed by atoms with van der Waals surface area (Å²) in [5, 5.41) is 0.725. The third kappa shape index (κ3) is 3.90. The zero-order valence-corrected chi connectivity index (χ0v) is 21.7. The molecule has 0 saturated heterocycles. The van der Waals surface area contributed by atoms with Crippen LogP contribution in [0.3, 0.4) is 0 Å². The van der Waals surface area contributed by atoms with Crippen molar-refractivity contribution in [3.05, 3.63) is 116 Å². The summed E-state index contributed by atoms with van der Waals surface area (Å²) in [6, 6.07) is 21.1. The van der Waals surface area contributed by atoms with Gasteiger partial charge in [-0.3, -0.25) is 19.3 Å². The number of ketones is 1. The molecule has 3 aromatic carbocycles. The van der Waals surface area contributed by atoms with Gasteiger partial charge in [0.1, 0.15) is 17.1 Å². The molecule has 0 radical (unpaired) electrons. The van der Waals surface area contributed by atoms with Gasteiger partial charge in [0.2, 0.25) is 5.76 Å². The third-order valence-electron chi connectivity index (χ3n) is 6.49. The molecule has 1 atom stereocenters. The van der Waals surface area contributed by atoms with Gasteiger partial charge in [-0.05, 0) is 55.8 Å². The number of Topliss-reactive ketones (excluding diaryl/α,β-unsaturated/α-hetero) is 1. The van der Waals surface area contributed by atoms with Crippen molar-refractivity contribution < 1.29 is 18.7 Å². The summed E-state index contributed by atoms with van der Waals surface area (Å²) in [4.78, 5) is 46.4. The average Bonchev–Trinajstić information content (AvgIpc) is 3.43. The van der Waals surface area contributed by atoms with E-state index in [1.165, 1.54) is 11.8 Å². The van der Waals surface area contributed by atoms with E-state index in [-0.39, 0.29) is 22.5 Å². The molecular weight excluding hydrogens is 500 g/mol. The molecule has 1 aliphatic rings. The monoisotopic (exact) mass is 522 g/mol. The minimum atomic E-state index is -0.816. The van der Waals surface area contributed by atoms with Crippen molar-refractivity contribution in [3.8, 4) is 11.5 Å². The lowest BCUT2D eigenvalue weighted by Gasteiger charge is -2.23. The van der Waals surface area contributed by atoms with Crippen LogP contribution in [0.5, 0.6) is 11.5 Å². The van der Waals surface area contributed by atoms with E-state index >= 15 is 0 Å². The lowest BCUT2D eigenvalue weighted by atomic mass is 9.98. The highest BCUT2D eigenvalue weighted by atomic mass is 32.1. The number of para-hydroxylation sites is 1. The number of hydrogen-bond donors (Lipinski definition) is 0. The Hall–Kier alpha value is -4.56. The summed E-state index contributed by atoms with van der Waals surface area (Å²) < 4.78 is 12.1. The summed E-state index contributed by atoms with van der Waals surface area (Å²) in [6.45, 7) is 5.09. The summed E-state index contributed by atoms with van der Waals surface area (Å²) >= 11 is 1.13. The smallest absolute Gasteiger partial charge is 0.297 e. The molecule has 0 bridgehead atoms. The van der Waals surface area contributed by atoms with Crippen molar-refractivity contribution in [1.29, 1.82) is 0 Å². The van der Waals surface area contributed by atoms with Gasteiger partial charge in [-0.1, -0.05) is 53.3 Å². The first kappa shape index (κ1) is 23.8. The van der Waals surface area contributed by atoms with E-state index in [0.29, 0.717) is 43.7 Å². The van der Waals surface area contributed by atoms with Crippen LogP contribution in [0.2, 0.25) is 0 Å². The van der Waals surface area contributed by atoms with E-state index < -0.39 is 11.9 Å². The number of anilines is 1. The summed E-state index contributed by atoms with van der Waals surface area (Å²) in [5.74, 6) is 0.564. The van der Waals surface area contributed by atoms with Crippen molar-refractivity contribution in [3.63, 3.8) is 0 Å². The number of fused-ring (bicyclic) bond motifs is 2.